The normalized spacial score (nSPS) is 17.9. The molecule has 0 saturated carbocycles. The fourth-order valence-corrected chi connectivity index (χ4v) is 1.53. The summed E-state index contributed by atoms with van der Waals surface area (Å²) >= 11 is 0. The summed E-state index contributed by atoms with van der Waals surface area (Å²) in [5.41, 5.74) is 0. The van der Waals surface area contributed by atoms with E-state index >= 15 is 0 Å². The summed E-state index contributed by atoms with van der Waals surface area (Å²) in [6, 6.07) is 2.66. The van der Waals surface area contributed by atoms with Gasteiger partial charge < -0.3 is 4.90 Å². The summed E-state index contributed by atoms with van der Waals surface area (Å²) in [7, 11) is 0. The molecule has 1 aromatic heterocycles. The quantitative estimate of drug-likeness (QED) is 0.739. The fourth-order valence-electron chi connectivity index (χ4n) is 1.53. The number of nitrogens with zero attached hydrogens (tertiary/aromatic N) is 2. The number of pyridine rings is 1. The van der Waals surface area contributed by atoms with Gasteiger partial charge in [0.1, 0.15) is 0 Å². The van der Waals surface area contributed by atoms with Crippen LogP contribution in [0.2, 0.25) is 0 Å². The van der Waals surface area contributed by atoms with E-state index in [0.29, 0.717) is 0 Å². The second-order valence-electron chi connectivity index (χ2n) is 3.34. The van der Waals surface area contributed by atoms with Gasteiger partial charge in [-0.15, -0.1) is 0 Å². The summed E-state index contributed by atoms with van der Waals surface area (Å²) in [4.78, 5) is 5.02. The number of rotatable bonds is 1. The molecule has 0 aliphatic carbocycles. The monoisotopic (exact) mass is 232 g/mol. The molecule has 90 valence electrons. The van der Waals surface area contributed by atoms with Crippen molar-refractivity contribution in [3.8, 4) is 0 Å². The number of hydrogen-bond acceptors (Lipinski definition) is 2. The van der Waals surface area contributed by atoms with Crippen LogP contribution in [-0.4, -0.2) is 24.0 Å². The molecule has 0 N–H and O–H groups in total. The molecule has 1 aliphatic heterocycles. The smallest absolute Gasteiger partial charge is 0.266 e. The lowest BCUT2D eigenvalue weighted by atomic mass is 10.3. The Morgan fingerprint density at radius 3 is 2.56 bits per heavy atom. The molecule has 2 rings (SSSR count). The van der Waals surface area contributed by atoms with Crippen molar-refractivity contribution in [2.45, 2.75) is 26.2 Å². The number of aromatic nitrogens is 1. The third-order valence-corrected chi connectivity index (χ3v) is 2.21. The van der Waals surface area contributed by atoms with Crippen molar-refractivity contribution in [1.29, 1.82) is 0 Å². The van der Waals surface area contributed by atoms with E-state index in [1.54, 1.807) is 0 Å². The predicted octanol–water partition coefficient (Wildman–Crippen LogP) is 3.09. The molecule has 0 amide bonds. The topological polar surface area (TPSA) is 16.1 Å². The third-order valence-electron chi connectivity index (χ3n) is 2.21. The Labute approximate surface area is 93.1 Å². The second kappa shape index (κ2) is 5.18. The summed E-state index contributed by atoms with van der Waals surface area (Å²) < 4.78 is 38.8. The zero-order valence-electron chi connectivity index (χ0n) is 9.38. The van der Waals surface area contributed by atoms with Crippen LogP contribution >= 0.6 is 0 Å². The molecule has 2 heterocycles. The highest BCUT2D eigenvalue weighted by Gasteiger charge is 2.39. The first-order chi connectivity index (χ1) is 7.58. The maximum Gasteiger partial charge on any atom is 0.266 e. The largest absolute Gasteiger partial charge is 0.348 e. The van der Waals surface area contributed by atoms with Crippen molar-refractivity contribution < 1.29 is 13.2 Å². The van der Waals surface area contributed by atoms with Crippen molar-refractivity contribution in [2.24, 2.45) is 0 Å². The zero-order valence-corrected chi connectivity index (χ0v) is 9.38. The van der Waals surface area contributed by atoms with Crippen LogP contribution in [0.25, 0.3) is 0 Å². The molecule has 0 radical (unpaired) electrons. The zero-order chi connectivity index (χ0) is 12.2. The minimum Gasteiger partial charge on any atom is -0.348 e. The Bertz CT molecular complexity index is 342. The lowest BCUT2D eigenvalue weighted by Gasteiger charge is -2.16. The molecule has 0 atom stereocenters. The number of hydrogen-bond donors (Lipinski definition) is 0. The lowest BCUT2D eigenvalue weighted by molar-refractivity contribution is 0.0256. The van der Waals surface area contributed by atoms with E-state index in [0.717, 1.165) is 0 Å². The second-order valence-corrected chi connectivity index (χ2v) is 3.34. The molecule has 5 heteroatoms. The Kier molecular flexibility index (Phi) is 4.15. The van der Waals surface area contributed by atoms with Gasteiger partial charge in [-0.05, 0) is 12.1 Å². The van der Waals surface area contributed by atoms with Crippen molar-refractivity contribution in [3.05, 3.63) is 24.1 Å². The minimum atomic E-state index is -2.72. The number of halogens is 3. The van der Waals surface area contributed by atoms with E-state index in [4.69, 9.17) is 0 Å². The van der Waals surface area contributed by atoms with E-state index in [1.807, 2.05) is 13.8 Å². The van der Waals surface area contributed by atoms with Crippen LogP contribution in [0, 0.1) is 5.82 Å². The van der Waals surface area contributed by atoms with E-state index < -0.39 is 18.3 Å². The molecular formula is C11H15F3N2. The van der Waals surface area contributed by atoms with Crippen LogP contribution in [0.5, 0.6) is 0 Å². The Morgan fingerprint density at radius 1 is 1.38 bits per heavy atom. The molecule has 1 fully saturated rings. The maximum atomic E-state index is 13.1. The standard InChI is InChI=1S/C9H9F3N2.C2H6/c10-7-2-1-4-13-8(7)14-5-3-9(11,12)6-14;1-2/h1-2,4H,3,5-6H2;1-2H3. The Balaban J connectivity index is 0.000000606. The van der Waals surface area contributed by atoms with Crippen LogP contribution in [-0.2, 0) is 0 Å². The molecule has 0 bridgehead atoms. The molecule has 1 saturated heterocycles. The summed E-state index contributed by atoms with van der Waals surface area (Å²) in [5.74, 6) is -3.25. The van der Waals surface area contributed by atoms with Crippen LogP contribution in [0.1, 0.15) is 20.3 Å². The molecule has 1 aliphatic rings. The highest BCUT2D eigenvalue weighted by atomic mass is 19.3. The molecule has 16 heavy (non-hydrogen) atoms. The maximum absolute atomic E-state index is 13.1. The van der Waals surface area contributed by atoms with Gasteiger partial charge in [0.15, 0.2) is 11.6 Å². The van der Waals surface area contributed by atoms with Crippen molar-refractivity contribution in [3.63, 3.8) is 0 Å². The van der Waals surface area contributed by atoms with Gasteiger partial charge in [0.25, 0.3) is 5.92 Å². The minimum absolute atomic E-state index is 0.0182. The fraction of sp³-hybridized carbons (Fsp3) is 0.545. The Morgan fingerprint density at radius 2 is 2.06 bits per heavy atom. The van der Waals surface area contributed by atoms with Crippen molar-refractivity contribution in [2.75, 3.05) is 18.0 Å². The first-order valence-corrected chi connectivity index (χ1v) is 5.32. The number of anilines is 1. The average Bonchev–Trinajstić information content (AvgIpc) is 2.62. The predicted molar refractivity (Wildman–Crippen MR) is 57.3 cm³/mol. The van der Waals surface area contributed by atoms with Crippen LogP contribution in [0.15, 0.2) is 18.3 Å². The molecule has 0 aromatic carbocycles. The van der Waals surface area contributed by atoms with Gasteiger partial charge in [0, 0.05) is 19.2 Å². The van der Waals surface area contributed by atoms with E-state index in [2.05, 4.69) is 4.98 Å². The molecule has 0 unspecified atom stereocenters. The Hall–Kier alpha value is -1.26. The average molecular weight is 232 g/mol. The lowest BCUT2D eigenvalue weighted by Crippen LogP contribution is -2.26. The van der Waals surface area contributed by atoms with Crippen LogP contribution in [0.4, 0.5) is 19.0 Å². The molecule has 2 nitrogen and oxygen atoms in total. The third kappa shape index (κ3) is 2.87. The summed E-state index contributed by atoms with van der Waals surface area (Å²) in [5, 5.41) is 0. The first-order valence-electron chi connectivity index (χ1n) is 5.32. The van der Waals surface area contributed by atoms with Gasteiger partial charge in [0.2, 0.25) is 0 Å². The summed E-state index contributed by atoms with van der Waals surface area (Å²) in [6.45, 7) is 3.71. The first kappa shape index (κ1) is 12.8. The van der Waals surface area contributed by atoms with Gasteiger partial charge in [-0.2, -0.15) is 0 Å². The van der Waals surface area contributed by atoms with Crippen molar-refractivity contribution in [1.82, 2.24) is 4.98 Å². The van der Waals surface area contributed by atoms with Gasteiger partial charge in [0.05, 0.1) is 6.54 Å². The molecule has 1 aromatic rings. The van der Waals surface area contributed by atoms with Gasteiger partial charge in [-0.3, -0.25) is 0 Å². The van der Waals surface area contributed by atoms with Gasteiger partial charge >= 0.3 is 0 Å². The highest BCUT2D eigenvalue weighted by Crippen LogP contribution is 2.30. The molecule has 0 spiro atoms. The van der Waals surface area contributed by atoms with E-state index in [9.17, 15) is 13.2 Å². The van der Waals surface area contributed by atoms with Gasteiger partial charge in [-0.1, -0.05) is 13.8 Å². The van der Waals surface area contributed by atoms with Gasteiger partial charge in [-0.25, -0.2) is 18.2 Å². The van der Waals surface area contributed by atoms with E-state index in [-0.39, 0.29) is 18.8 Å². The van der Waals surface area contributed by atoms with Crippen LogP contribution in [0.3, 0.4) is 0 Å². The van der Waals surface area contributed by atoms with E-state index in [1.165, 1.54) is 23.2 Å². The highest BCUT2D eigenvalue weighted by molar-refractivity contribution is 5.41. The summed E-state index contributed by atoms with van der Waals surface area (Å²) in [6.07, 6.45) is 1.16. The number of alkyl halides is 2. The van der Waals surface area contributed by atoms with Crippen LogP contribution < -0.4 is 4.90 Å². The SMILES string of the molecule is CC.Fc1cccnc1N1CCC(F)(F)C1. The molecular weight excluding hydrogens is 217 g/mol. The van der Waals surface area contributed by atoms with Crippen molar-refractivity contribution >= 4 is 5.82 Å².